The lowest BCUT2D eigenvalue weighted by atomic mass is 10.3. The average molecular weight is 264 g/mol. The second-order valence-electron chi connectivity index (χ2n) is 5.01. The van der Waals surface area contributed by atoms with Crippen molar-refractivity contribution in [2.75, 3.05) is 32.1 Å². The van der Waals surface area contributed by atoms with Gasteiger partial charge in [0, 0.05) is 32.8 Å². The Morgan fingerprint density at radius 3 is 2.79 bits per heavy atom. The molecule has 106 valence electrons. The van der Waals surface area contributed by atoms with Gasteiger partial charge in [-0.15, -0.1) is 0 Å². The van der Waals surface area contributed by atoms with Crippen molar-refractivity contribution < 1.29 is 4.74 Å². The Hall–Kier alpha value is -1.20. The predicted molar refractivity (Wildman–Crippen MR) is 76.1 cm³/mol. The number of aromatic nitrogens is 2. The molecule has 0 aromatic carbocycles. The molecule has 1 aromatic heterocycles. The average Bonchev–Trinajstić information content (AvgIpc) is 3.27. The van der Waals surface area contributed by atoms with Crippen LogP contribution in [0.2, 0.25) is 0 Å². The van der Waals surface area contributed by atoms with Gasteiger partial charge < -0.3 is 10.1 Å². The van der Waals surface area contributed by atoms with E-state index in [1.807, 2.05) is 12.4 Å². The lowest BCUT2D eigenvalue weighted by Crippen LogP contribution is -2.29. The van der Waals surface area contributed by atoms with Gasteiger partial charge in [0.2, 0.25) is 0 Å². The summed E-state index contributed by atoms with van der Waals surface area (Å²) in [7, 11) is 1.75. The maximum atomic E-state index is 5.16. The summed E-state index contributed by atoms with van der Waals surface area (Å²) >= 11 is 0. The van der Waals surface area contributed by atoms with E-state index in [9.17, 15) is 0 Å². The second kappa shape index (κ2) is 7.40. The first-order chi connectivity index (χ1) is 9.33. The molecule has 0 aliphatic heterocycles. The zero-order valence-electron chi connectivity index (χ0n) is 11.9. The van der Waals surface area contributed by atoms with Gasteiger partial charge in [0.15, 0.2) is 0 Å². The van der Waals surface area contributed by atoms with Crippen LogP contribution in [0, 0.1) is 0 Å². The van der Waals surface area contributed by atoms with Crippen LogP contribution in [-0.4, -0.2) is 47.7 Å². The van der Waals surface area contributed by atoms with E-state index in [0.29, 0.717) is 0 Å². The first-order valence-corrected chi connectivity index (χ1v) is 7.11. The number of nitrogens with zero attached hydrogens (tertiary/aromatic N) is 3. The molecule has 1 saturated carbocycles. The van der Waals surface area contributed by atoms with E-state index >= 15 is 0 Å². The topological polar surface area (TPSA) is 50.3 Å². The van der Waals surface area contributed by atoms with Gasteiger partial charge in [0.05, 0.1) is 24.7 Å². The van der Waals surface area contributed by atoms with Crippen LogP contribution >= 0.6 is 0 Å². The van der Waals surface area contributed by atoms with Gasteiger partial charge in [-0.1, -0.05) is 6.92 Å². The number of anilines is 1. The minimum absolute atomic E-state index is 0.717. The van der Waals surface area contributed by atoms with E-state index in [1.54, 1.807) is 7.11 Å². The van der Waals surface area contributed by atoms with Crippen LogP contribution in [0.5, 0.6) is 0 Å². The van der Waals surface area contributed by atoms with E-state index in [-0.39, 0.29) is 0 Å². The molecule has 19 heavy (non-hydrogen) atoms. The summed E-state index contributed by atoms with van der Waals surface area (Å²) in [6.07, 6.45) is 7.39. The zero-order valence-corrected chi connectivity index (χ0v) is 11.9. The van der Waals surface area contributed by atoms with E-state index in [1.165, 1.54) is 12.8 Å². The van der Waals surface area contributed by atoms with E-state index in [0.717, 1.165) is 50.2 Å². The van der Waals surface area contributed by atoms with Gasteiger partial charge in [0.25, 0.3) is 0 Å². The van der Waals surface area contributed by atoms with Crippen molar-refractivity contribution in [1.82, 2.24) is 14.9 Å². The van der Waals surface area contributed by atoms with Gasteiger partial charge in [0.1, 0.15) is 5.82 Å². The number of methoxy groups -OCH3 is 1. The highest BCUT2D eigenvalue weighted by atomic mass is 16.5. The molecule has 2 rings (SSSR count). The van der Waals surface area contributed by atoms with Crippen LogP contribution in [0.3, 0.4) is 0 Å². The largest absolute Gasteiger partial charge is 0.383 e. The van der Waals surface area contributed by atoms with Crippen molar-refractivity contribution in [1.29, 1.82) is 0 Å². The third kappa shape index (κ3) is 4.76. The maximum absolute atomic E-state index is 5.16. The number of rotatable bonds is 9. The molecule has 1 aliphatic carbocycles. The molecule has 0 amide bonds. The Balaban J connectivity index is 1.86. The molecule has 1 aliphatic rings. The summed E-state index contributed by atoms with van der Waals surface area (Å²) in [5.74, 6) is 0.862. The smallest absolute Gasteiger partial charge is 0.144 e. The summed E-state index contributed by atoms with van der Waals surface area (Å²) in [6.45, 7) is 5.70. The second-order valence-corrected chi connectivity index (χ2v) is 5.01. The molecule has 0 bridgehead atoms. The van der Waals surface area contributed by atoms with Gasteiger partial charge in [-0.05, 0) is 19.3 Å². The quantitative estimate of drug-likeness (QED) is 0.738. The molecule has 0 saturated heterocycles. The van der Waals surface area contributed by atoms with Gasteiger partial charge in [-0.25, -0.2) is 4.98 Å². The third-order valence-corrected chi connectivity index (χ3v) is 3.27. The Morgan fingerprint density at radius 2 is 2.21 bits per heavy atom. The van der Waals surface area contributed by atoms with Crippen molar-refractivity contribution in [2.45, 2.75) is 38.8 Å². The van der Waals surface area contributed by atoms with Gasteiger partial charge >= 0.3 is 0 Å². The van der Waals surface area contributed by atoms with Crippen LogP contribution in [0.4, 0.5) is 5.82 Å². The Kier molecular flexibility index (Phi) is 5.54. The highest BCUT2D eigenvalue weighted by Gasteiger charge is 2.28. The van der Waals surface area contributed by atoms with Crippen LogP contribution in [0.15, 0.2) is 12.4 Å². The highest BCUT2D eigenvalue weighted by molar-refractivity contribution is 5.30. The number of hydrogen-bond acceptors (Lipinski definition) is 5. The lowest BCUT2D eigenvalue weighted by Gasteiger charge is -2.20. The molecule has 0 spiro atoms. The summed E-state index contributed by atoms with van der Waals surface area (Å²) in [5, 5.41) is 3.24. The van der Waals surface area contributed by atoms with Crippen molar-refractivity contribution in [3.63, 3.8) is 0 Å². The van der Waals surface area contributed by atoms with Crippen LogP contribution in [0.1, 0.15) is 31.9 Å². The van der Waals surface area contributed by atoms with Gasteiger partial charge in [-0.2, -0.15) is 0 Å². The zero-order chi connectivity index (χ0) is 13.5. The molecular weight excluding hydrogens is 240 g/mol. The molecule has 0 atom stereocenters. The fourth-order valence-corrected chi connectivity index (χ4v) is 2.03. The fraction of sp³-hybridized carbons (Fsp3) is 0.714. The summed E-state index contributed by atoms with van der Waals surface area (Å²) in [5.41, 5.74) is 1.03. The van der Waals surface area contributed by atoms with Crippen molar-refractivity contribution >= 4 is 5.82 Å². The Bertz CT molecular complexity index is 364. The number of hydrogen-bond donors (Lipinski definition) is 1. The van der Waals surface area contributed by atoms with Crippen LogP contribution in [0.25, 0.3) is 0 Å². The molecule has 0 radical (unpaired) electrons. The standard InChI is InChI=1S/C14H24N4O/c1-3-6-15-14-10-16-12(9-17-14)11-18(7-8-19-2)13-4-5-13/h9-10,13H,3-8,11H2,1-2H3,(H,15,17). The van der Waals surface area contributed by atoms with Gasteiger partial charge in [-0.3, -0.25) is 9.88 Å². The number of ether oxygens (including phenoxy) is 1. The van der Waals surface area contributed by atoms with Crippen LogP contribution < -0.4 is 5.32 Å². The first-order valence-electron chi connectivity index (χ1n) is 7.11. The van der Waals surface area contributed by atoms with Crippen LogP contribution in [-0.2, 0) is 11.3 Å². The van der Waals surface area contributed by atoms with Crippen molar-refractivity contribution in [3.8, 4) is 0 Å². The maximum Gasteiger partial charge on any atom is 0.144 e. The summed E-state index contributed by atoms with van der Waals surface area (Å²) in [6, 6.07) is 0.717. The molecule has 1 fully saturated rings. The Morgan fingerprint density at radius 1 is 1.37 bits per heavy atom. The SMILES string of the molecule is CCCNc1cnc(CN(CCOC)C2CC2)cn1. The minimum atomic E-state index is 0.717. The molecule has 5 nitrogen and oxygen atoms in total. The fourth-order valence-electron chi connectivity index (χ4n) is 2.03. The lowest BCUT2D eigenvalue weighted by molar-refractivity contribution is 0.138. The minimum Gasteiger partial charge on any atom is -0.383 e. The van der Waals surface area contributed by atoms with Crippen molar-refractivity contribution in [2.24, 2.45) is 0 Å². The van der Waals surface area contributed by atoms with E-state index in [4.69, 9.17) is 4.74 Å². The first kappa shape index (κ1) is 14.2. The molecule has 1 aromatic rings. The molecule has 0 unspecified atom stereocenters. The molecular formula is C14H24N4O. The summed E-state index contributed by atoms with van der Waals surface area (Å²) < 4.78 is 5.16. The normalized spacial score (nSPS) is 14.9. The monoisotopic (exact) mass is 264 g/mol. The molecule has 1 N–H and O–H groups in total. The third-order valence-electron chi connectivity index (χ3n) is 3.27. The van der Waals surface area contributed by atoms with E-state index < -0.39 is 0 Å². The molecule has 5 heteroatoms. The predicted octanol–water partition coefficient (Wildman–Crippen LogP) is 1.91. The summed E-state index contributed by atoms with van der Waals surface area (Å²) in [4.78, 5) is 11.3. The highest BCUT2D eigenvalue weighted by Crippen LogP contribution is 2.27. The van der Waals surface area contributed by atoms with E-state index in [2.05, 4.69) is 27.1 Å². The van der Waals surface area contributed by atoms with Crippen molar-refractivity contribution in [3.05, 3.63) is 18.1 Å². The number of nitrogens with one attached hydrogen (secondary N) is 1. The molecule has 1 heterocycles. The Labute approximate surface area is 115 Å².